The van der Waals surface area contributed by atoms with Crippen LogP contribution in [0.5, 0.6) is 0 Å². The van der Waals surface area contributed by atoms with Crippen LogP contribution in [0.3, 0.4) is 0 Å². The monoisotopic (exact) mass is 213 g/mol. The molecule has 0 radical (unpaired) electrons. The van der Waals surface area contributed by atoms with Crippen LogP contribution in [0, 0.1) is 23.2 Å². The van der Waals surface area contributed by atoms with Gasteiger partial charge in [0.05, 0.1) is 25.7 Å². The zero-order valence-corrected chi connectivity index (χ0v) is 8.77. The molecule has 1 aromatic rings. The molecule has 0 unspecified atom stereocenters. The highest BCUT2D eigenvalue weighted by Gasteiger charge is 2.17. The summed E-state index contributed by atoms with van der Waals surface area (Å²) in [6, 6.07) is 9.67. The van der Waals surface area contributed by atoms with E-state index in [1.54, 1.807) is 0 Å². The van der Waals surface area contributed by atoms with Gasteiger partial charge in [0.15, 0.2) is 6.29 Å². The van der Waals surface area contributed by atoms with Crippen molar-refractivity contribution in [3.05, 3.63) is 35.4 Å². The van der Waals surface area contributed by atoms with E-state index < -0.39 is 0 Å². The number of ether oxygens (including phenoxy) is 2. The van der Waals surface area contributed by atoms with E-state index in [4.69, 9.17) is 14.7 Å². The van der Waals surface area contributed by atoms with Gasteiger partial charge in [-0.15, -0.1) is 0 Å². The molecule has 0 amide bonds. The van der Waals surface area contributed by atoms with Crippen LogP contribution in [0.4, 0.5) is 0 Å². The van der Waals surface area contributed by atoms with Crippen molar-refractivity contribution in [1.29, 1.82) is 5.26 Å². The largest absolute Gasteiger partial charge is 0.346 e. The van der Waals surface area contributed by atoms with E-state index in [-0.39, 0.29) is 12.7 Å². The smallest absolute Gasteiger partial charge is 0.184 e. The summed E-state index contributed by atoms with van der Waals surface area (Å²) in [5.41, 5.74) is 1.90. The summed E-state index contributed by atoms with van der Waals surface area (Å²) in [6.07, 6.45) is 0.0254. The molecule has 0 bridgehead atoms. The van der Waals surface area contributed by atoms with Gasteiger partial charge in [-0.1, -0.05) is 24.0 Å². The van der Waals surface area contributed by atoms with Gasteiger partial charge in [-0.2, -0.15) is 5.26 Å². The van der Waals surface area contributed by atoms with Crippen LogP contribution in [0.25, 0.3) is 0 Å². The van der Waals surface area contributed by atoms with Crippen molar-refractivity contribution in [1.82, 2.24) is 0 Å². The van der Waals surface area contributed by atoms with Gasteiger partial charge in [-0.3, -0.25) is 0 Å². The Morgan fingerprint density at radius 2 is 1.88 bits per heavy atom. The fraction of sp³-hybridized carbons (Fsp3) is 0.308. The number of rotatable bonds is 1. The van der Waals surface area contributed by atoms with Gasteiger partial charge < -0.3 is 9.47 Å². The van der Waals surface area contributed by atoms with Crippen molar-refractivity contribution in [2.24, 2.45) is 0 Å². The van der Waals surface area contributed by atoms with Crippen molar-refractivity contribution in [2.45, 2.75) is 12.7 Å². The third kappa shape index (κ3) is 2.61. The van der Waals surface area contributed by atoms with Crippen LogP contribution in [-0.4, -0.2) is 13.2 Å². The molecule has 1 aliphatic rings. The molecule has 1 aliphatic heterocycles. The van der Waals surface area contributed by atoms with Crippen LogP contribution in [0.2, 0.25) is 0 Å². The highest BCUT2D eigenvalue weighted by molar-refractivity contribution is 5.36. The third-order valence-electron chi connectivity index (χ3n) is 2.20. The first-order valence-corrected chi connectivity index (χ1v) is 5.09. The van der Waals surface area contributed by atoms with E-state index in [9.17, 15) is 0 Å². The zero-order valence-electron chi connectivity index (χ0n) is 8.77. The highest BCUT2D eigenvalue weighted by Crippen LogP contribution is 2.22. The normalized spacial score (nSPS) is 15.2. The lowest BCUT2D eigenvalue weighted by atomic mass is 10.1. The van der Waals surface area contributed by atoms with E-state index in [0.29, 0.717) is 13.2 Å². The van der Waals surface area contributed by atoms with Crippen molar-refractivity contribution in [3.8, 4) is 17.9 Å². The molecule has 80 valence electrons. The molecule has 1 saturated heterocycles. The van der Waals surface area contributed by atoms with Crippen molar-refractivity contribution in [3.63, 3.8) is 0 Å². The fourth-order valence-corrected chi connectivity index (χ4v) is 1.46. The van der Waals surface area contributed by atoms with Crippen LogP contribution >= 0.6 is 0 Å². The molecule has 3 heteroatoms. The molecule has 1 aromatic carbocycles. The van der Waals surface area contributed by atoms with Gasteiger partial charge in [-0.05, 0) is 12.1 Å². The summed E-state index contributed by atoms with van der Waals surface area (Å²) in [6.45, 7) is 1.29. The molecule has 2 rings (SSSR count). The fourth-order valence-electron chi connectivity index (χ4n) is 1.46. The Kier molecular flexibility index (Phi) is 3.56. The van der Waals surface area contributed by atoms with Gasteiger partial charge in [0.1, 0.15) is 0 Å². The second-order valence-corrected chi connectivity index (χ2v) is 3.33. The minimum atomic E-state index is -0.235. The summed E-state index contributed by atoms with van der Waals surface area (Å²) in [5, 5.41) is 8.35. The van der Waals surface area contributed by atoms with E-state index in [2.05, 4.69) is 11.8 Å². The molecular formula is C13H11NO2. The first-order chi connectivity index (χ1) is 7.90. The van der Waals surface area contributed by atoms with E-state index in [1.165, 1.54) is 0 Å². The maximum absolute atomic E-state index is 8.35. The molecule has 0 atom stereocenters. The molecular weight excluding hydrogens is 202 g/mol. The molecule has 0 N–H and O–H groups in total. The maximum Gasteiger partial charge on any atom is 0.184 e. The Morgan fingerprint density at radius 1 is 1.19 bits per heavy atom. The van der Waals surface area contributed by atoms with Crippen LogP contribution in [0.15, 0.2) is 24.3 Å². The van der Waals surface area contributed by atoms with Gasteiger partial charge in [-0.25, -0.2) is 0 Å². The molecule has 0 aromatic heterocycles. The zero-order chi connectivity index (χ0) is 11.2. The average molecular weight is 213 g/mol. The predicted octanol–water partition coefficient (Wildman–Crippen LogP) is 2.00. The molecule has 16 heavy (non-hydrogen) atoms. The Bertz CT molecular complexity index is 442. The van der Waals surface area contributed by atoms with Crippen molar-refractivity contribution >= 4 is 0 Å². The number of benzene rings is 1. The molecule has 0 saturated carbocycles. The SMILES string of the molecule is N#CCC#Cc1ccc(C2OCCO2)cc1. The lowest BCUT2D eigenvalue weighted by Gasteiger charge is -2.08. The second-order valence-electron chi connectivity index (χ2n) is 3.33. The third-order valence-corrected chi connectivity index (χ3v) is 2.20. The van der Waals surface area contributed by atoms with Crippen molar-refractivity contribution < 1.29 is 9.47 Å². The molecule has 1 fully saturated rings. The molecule has 0 aliphatic carbocycles. The predicted molar refractivity (Wildman–Crippen MR) is 58.2 cm³/mol. The Hall–Kier alpha value is -1.81. The highest BCUT2D eigenvalue weighted by atomic mass is 16.7. The summed E-state index contributed by atoms with van der Waals surface area (Å²) >= 11 is 0. The van der Waals surface area contributed by atoms with Crippen LogP contribution in [-0.2, 0) is 9.47 Å². The van der Waals surface area contributed by atoms with Crippen LogP contribution in [0.1, 0.15) is 23.8 Å². The van der Waals surface area contributed by atoms with E-state index in [0.717, 1.165) is 11.1 Å². The first kappa shape index (κ1) is 10.7. The Labute approximate surface area is 94.6 Å². The van der Waals surface area contributed by atoms with Gasteiger partial charge in [0.25, 0.3) is 0 Å². The number of nitrogens with zero attached hydrogens (tertiary/aromatic N) is 1. The molecule has 0 spiro atoms. The molecule has 1 heterocycles. The second kappa shape index (κ2) is 5.32. The topological polar surface area (TPSA) is 42.2 Å². The summed E-state index contributed by atoms with van der Waals surface area (Å²) in [4.78, 5) is 0. The average Bonchev–Trinajstić information content (AvgIpc) is 2.84. The van der Waals surface area contributed by atoms with E-state index >= 15 is 0 Å². The summed E-state index contributed by atoms with van der Waals surface area (Å²) in [5.74, 6) is 5.68. The summed E-state index contributed by atoms with van der Waals surface area (Å²) in [7, 11) is 0. The van der Waals surface area contributed by atoms with Gasteiger partial charge in [0.2, 0.25) is 0 Å². The van der Waals surface area contributed by atoms with E-state index in [1.807, 2.05) is 30.3 Å². The van der Waals surface area contributed by atoms with Crippen molar-refractivity contribution in [2.75, 3.05) is 13.2 Å². The molecule has 3 nitrogen and oxygen atoms in total. The summed E-state index contributed by atoms with van der Waals surface area (Å²) < 4.78 is 10.8. The first-order valence-electron chi connectivity index (χ1n) is 5.09. The Balaban J connectivity index is 2.05. The standard InChI is InChI=1S/C13H11NO2/c14-8-2-1-3-11-4-6-12(7-5-11)13-15-9-10-16-13/h4-7,13H,2,9-10H2. The quantitative estimate of drug-likeness (QED) is 0.670. The lowest BCUT2D eigenvalue weighted by Crippen LogP contribution is -1.97. The maximum atomic E-state index is 8.35. The minimum Gasteiger partial charge on any atom is -0.346 e. The number of nitriles is 1. The Morgan fingerprint density at radius 3 is 2.50 bits per heavy atom. The van der Waals surface area contributed by atoms with Crippen LogP contribution < -0.4 is 0 Å². The minimum absolute atomic E-state index is 0.235. The number of hydrogen-bond donors (Lipinski definition) is 0. The van der Waals surface area contributed by atoms with Gasteiger partial charge in [0, 0.05) is 11.1 Å². The number of hydrogen-bond acceptors (Lipinski definition) is 3. The lowest BCUT2D eigenvalue weighted by molar-refractivity contribution is -0.0441. The van der Waals surface area contributed by atoms with Gasteiger partial charge >= 0.3 is 0 Å².